The van der Waals surface area contributed by atoms with Crippen molar-refractivity contribution in [3.05, 3.63) is 107 Å². The normalized spacial score (nSPS) is 16.8. The lowest BCUT2D eigenvalue weighted by molar-refractivity contribution is 0.428. The molecule has 4 rings (SSSR count). The van der Waals surface area contributed by atoms with E-state index in [2.05, 4.69) is 90.2 Å². The van der Waals surface area contributed by atoms with Crippen molar-refractivity contribution in [2.24, 2.45) is 0 Å². The van der Waals surface area contributed by atoms with E-state index in [1.807, 2.05) is 0 Å². The van der Waals surface area contributed by atoms with E-state index in [-0.39, 0.29) is 6.04 Å². The van der Waals surface area contributed by atoms with E-state index in [4.69, 9.17) is 0 Å². The lowest BCUT2D eigenvalue weighted by atomic mass is 9.86. The average molecular weight is 313 g/mol. The third kappa shape index (κ3) is 3.13. The Morgan fingerprint density at radius 3 is 1.96 bits per heavy atom. The molecule has 0 unspecified atom stereocenters. The number of benzene rings is 3. The van der Waals surface area contributed by atoms with Crippen LogP contribution in [0.15, 0.2) is 84.9 Å². The number of hydrogen-bond donors (Lipinski definition) is 1. The highest BCUT2D eigenvalue weighted by atomic mass is 15.0. The summed E-state index contributed by atoms with van der Waals surface area (Å²) in [5, 5.41) is 3.94. The molecule has 1 aliphatic carbocycles. The van der Waals surface area contributed by atoms with Crippen molar-refractivity contribution >= 4 is 0 Å². The van der Waals surface area contributed by atoms with Crippen molar-refractivity contribution in [1.82, 2.24) is 5.32 Å². The van der Waals surface area contributed by atoms with Crippen LogP contribution >= 0.6 is 0 Å². The van der Waals surface area contributed by atoms with Crippen LogP contribution in [-0.2, 0) is 6.42 Å². The third-order valence-electron chi connectivity index (χ3n) is 5.00. The van der Waals surface area contributed by atoms with Gasteiger partial charge < -0.3 is 0 Å². The summed E-state index contributed by atoms with van der Waals surface area (Å²) in [5.74, 6) is 0. The van der Waals surface area contributed by atoms with E-state index in [1.165, 1.54) is 41.5 Å². The van der Waals surface area contributed by atoms with E-state index in [1.54, 1.807) is 0 Å². The minimum absolute atomic E-state index is 0.226. The minimum atomic E-state index is 0.226. The molecule has 1 aliphatic rings. The van der Waals surface area contributed by atoms with Crippen molar-refractivity contribution < 1.29 is 0 Å². The minimum Gasteiger partial charge on any atom is -0.299 e. The van der Waals surface area contributed by atoms with Gasteiger partial charge in [0.1, 0.15) is 0 Å². The highest BCUT2D eigenvalue weighted by molar-refractivity contribution is 5.35. The van der Waals surface area contributed by atoms with E-state index >= 15 is 0 Å². The van der Waals surface area contributed by atoms with Gasteiger partial charge >= 0.3 is 0 Å². The molecule has 0 bridgehead atoms. The average Bonchev–Trinajstić information content (AvgIpc) is 2.67. The van der Waals surface area contributed by atoms with Crippen LogP contribution in [0, 0.1) is 0 Å². The summed E-state index contributed by atoms with van der Waals surface area (Å²) in [6.07, 6.45) is 3.66. The van der Waals surface area contributed by atoms with Crippen LogP contribution in [0.4, 0.5) is 0 Å². The van der Waals surface area contributed by atoms with Gasteiger partial charge in [0.05, 0.1) is 6.04 Å². The standard InChI is InChI=1S/C23H23N/c1-3-11-19(12-4-1)23(20-13-5-2-6-14-20)24-22-17-9-15-18-10-7-8-16-21(18)22/h1-8,10-14,16,22-24H,9,15,17H2/t22-/m1/s1. The van der Waals surface area contributed by atoms with Crippen molar-refractivity contribution in [3.8, 4) is 0 Å². The summed E-state index contributed by atoms with van der Waals surface area (Å²) < 4.78 is 0. The quantitative estimate of drug-likeness (QED) is 0.676. The van der Waals surface area contributed by atoms with Gasteiger partial charge in [-0.25, -0.2) is 0 Å². The summed E-state index contributed by atoms with van der Waals surface area (Å²) in [7, 11) is 0. The number of fused-ring (bicyclic) bond motifs is 1. The molecular formula is C23H23N. The van der Waals surface area contributed by atoms with Crippen LogP contribution in [-0.4, -0.2) is 0 Å². The maximum Gasteiger partial charge on any atom is 0.0581 e. The van der Waals surface area contributed by atoms with Crippen LogP contribution in [0.3, 0.4) is 0 Å². The second kappa shape index (κ2) is 7.02. The molecule has 0 spiro atoms. The molecule has 0 aromatic heterocycles. The predicted octanol–water partition coefficient (Wildman–Crippen LogP) is 5.44. The van der Waals surface area contributed by atoms with Gasteiger partial charge in [-0.2, -0.15) is 0 Å². The number of rotatable bonds is 4. The summed E-state index contributed by atoms with van der Waals surface area (Å²) in [6, 6.07) is 31.1. The first-order chi connectivity index (χ1) is 11.9. The molecule has 1 nitrogen and oxygen atoms in total. The molecule has 0 saturated heterocycles. The van der Waals surface area contributed by atoms with Gasteiger partial charge in [-0.3, -0.25) is 5.32 Å². The van der Waals surface area contributed by atoms with Crippen molar-refractivity contribution in [2.75, 3.05) is 0 Å². The van der Waals surface area contributed by atoms with E-state index in [0.717, 1.165) is 0 Å². The van der Waals surface area contributed by atoms with Crippen LogP contribution < -0.4 is 5.32 Å². The topological polar surface area (TPSA) is 12.0 Å². The fraction of sp³-hybridized carbons (Fsp3) is 0.217. The number of aryl methyl sites for hydroxylation is 1. The van der Waals surface area contributed by atoms with E-state index < -0.39 is 0 Å². The van der Waals surface area contributed by atoms with E-state index in [0.29, 0.717) is 6.04 Å². The Morgan fingerprint density at radius 1 is 0.708 bits per heavy atom. The SMILES string of the molecule is c1ccc(C(N[C@@H]2CCCc3ccccc32)c2ccccc2)cc1. The predicted molar refractivity (Wildman–Crippen MR) is 100.0 cm³/mol. The highest BCUT2D eigenvalue weighted by Crippen LogP contribution is 2.33. The van der Waals surface area contributed by atoms with Gasteiger partial charge in [0.15, 0.2) is 0 Å². The van der Waals surface area contributed by atoms with Gasteiger partial charge in [-0.1, -0.05) is 84.9 Å². The van der Waals surface area contributed by atoms with Gasteiger partial charge in [0.25, 0.3) is 0 Å². The van der Waals surface area contributed by atoms with E-state index in [9.17, 15) is 0 Å². The molecule has 0 aliphatic heterocycles. The molecule has 1 atom stereocenters. The van der Waals surface area contributed by atoms with Crippen molar-refractivity contribution in [3.63, 3.8) is 0 Å². The zero-order valence-corrected chi connectivity index (χ0v) is 13.9. The summed E-state index contributed by atoms with van der Waals surface area (Å²) in [6.45, 7) is 0. The Balaban J connectivity index is 1.69. The Hall–Kier alpha value is -2.38. The Bertz CT molecular complexity index is 740. The molecule has 1 heteroatoms. The summed E-state index contributed by atoms with van der Waals surface area (Å²) >= 11 is 0. The molecule has 3 aromatic rings. The summed E-state index contributed by atoms with van der Waals surface area (Å²) in [5.41, 5.74) is 5.63. The van der Waals surface area contributed by atoms with Crippen molar-refractivity contribution in [2.45, 2.75) is 31.3 Å². The Kier molecular flexibility index (Phi) is 4.44. The lowest BCUT2D eigenvalue weighted by Gasteiger charge is -2.31. The fourth-order valence-electron chi connectivity index (χ4n) is 3.80. The maximum absolute atomic E-state index is 3.94. The molecule has 120 valence electrons. The monoisotopic (exact) mass is 313 g/mol. The smallest absolute Gasteiger partial charge is 0.0581 e. The molecule has 0 saturated carbocycles. The zero-order chi connectivity index (χ0) is 16.2. The first-order valence-corrected chi connectivity index (χ1v) is 8.85. The molecule has 3 aromatic carbocycles. The van der Waals surface area contributed by atoms with Crippen LogP contribution in [0.2, 0.25) is 0 Å². The molecular weight excluding hydrogens is 290 g/mol. The Morgan fingerprint density at radius 2 is 1.29 bits per heavy atom. The zero-order valence-electron chi connectivity index (χ0n) is 13.9. The first kappa shape index (κ1) is 15.2. The van der Waals surface area contributed by atoms with Gasteiger partial charge in [-0.15, -0.1) is 0 Å². The maximum atomic E-state index is 3.94. The van der Waals surface area contributed by atoms with Gasteiger partial charge in [0.2, 0.25) is 0 Å². The molecule has 24 heavy (non-hydrogen) atoms. The first-order valence-electron chi connectivity index (χ1n) is 8.85. The molecule has 0 heterocycles. The van der Waals surface area contributed by atoms with Crippen LogP contribution in [0.25, 0.3) is 0 Å². The van der Waals surface area contributed by atoms with Crippen LogP contribution in [0.1, 0.15) is 47.2 Å². The Labute approximate surface area is 144 Å². The number of hydrogen-bond acceptors (Lipinski definition) is 1. The van der Waals surface area contributed by atoms with Gasteiger partial charge in [-0.05, 0) is 41.5 Å². The summed E-state index contributed by atoms with van der Waals surface area (Å²) in [4.78, 5) is 0. The van der Waals surface area contributed by atoms with Gasteiger partial charge in [0, 0.05) is 6.04 Å². The molecule has 0 fully saturated rings. The fourth-order valence-corrected chi connectivity index (χ4v) is 3.80. The molecule has 1 N–H and O–H groups in total. The second-order valence-electron chi connectivity index (χ2n) is 6.56. The highest BCUT2D eigenvalue weighted by Gasteiger charge is 2.24. The third-order valence-corrected chi connectivity index (χ3v) is 5.00. The lowest BCUT2D eigenvalue weighted by Crippen LogP contribution is -2.30. The van der Waals surface area contributed by atoms with Crippen molar-refractivity contribution in [1.29, 1.82) is 0 Å². The van der Waals surface area contributed by atoms with Crippen LogP contribution in [0.5, 0.6) is 0 Å². The molecule has 0 radical (unpaired) electrons. The largest absolute Gasteiger partial charge is 0.299 e. The molecule has 0 amide bonds. The number of nitrogens with one attached hydrogen (secondary N) is 1. The second-order valence-corrected chi connectivity index (χ2v) is 6.56.